The molecule has 1 heterocycles. The summed E-state index contributed by atoms with van der Waals surface area (Å²) in [7, 11) is 0. The van der Waals surface area contributed by atoms with Gasteiger partial charge in [-0.05, 0) is 42.9 Å². The van der Waals surface area contributed by atoms with E-state index in [-0.39, 0.29) is 17.7 Å². The van der Waals surface area contributed by atoms with Gasteiger partial charge in [-0.25, -0.2) is 0 Å². The largest absolute Gasteiger partial charge is 0.339 e. The van der Waals surface area contributed by atoms with Crippen LogP contribution in [0.5, 0.6) is 0 Å². The molecule has 1 saturated carbocycles. The second kappa shape index (κ2) is 8.90. The summed E-state index contributed by atoms with van der Waals surface area (Å²) in [6, 6.07) is 7.65. The SMILES string of the molecule is CC(C(=O)N1CCN(C(=O)CCc2ccc(Cl)cc2)CC1)C1CCCC1. The molecule has 0 aromatic heterocycles. The predicted octanol–water partition coefficient (Wildman–Crippen LogP) is 3.77. The average Bonchev–Trinajstić information content (AvgIpc) is 3.21. The van der Waals surface area contributed by atoms with Crippen molar-refractivity contribution >= 4 is 23.4 Å². The van der Waals surface area contributed by atoms with Crippen LogP contribution in [0, 0.1) is 11.8 Å². The van der Waals surface area contributed by atoms with E-state index >= 15 is 0 Å². The summed E-state index contributed by atoms with van der Waals surface area (Å²) >= 11 is 5.89. The molecule has 2 aliphatic rings. The third-order valence-electron chi connectivity index (χ3n) is 5.98. The molecule has 1 atom stereocenters. The highest BCUT2D eigenvalue weighted by Gasteiger charge is 2.32. The van der Waals surface area contributed by atoms with E-state index in [1.54, 1.807) is 0 Å². The van der Waals surface area contributed by atoms with Gasteiger partial charge in [-0.15, -0.1) is 0 Å². The van der Waals surface area contributed by atoms with Crippen molar-refractivity contribution in [2.75, 3.05) is 26.2 Å². The lowest BCUT2D eigenvalue weighted by molar-refractivity contribution is -0.142. The van der Waals surface area contributed by atoms with Crippen LogP contribution in [0.1, 0.15) is 44.6 Å². The van der Waals surface area contributed by atoms with E-state index in [9.17, 15) is 9.59 Å². The number of benzene rings is 1. The van der Waals surface area contributed by atoms with Crippen LogP contribution in [0.15, 0.2) is 24.3 Å². The number of hydrogen-bond acceptors (Lipinski definition) is 2. The van der Waals surface area contributed by atoms with Crippen LogP contribution >= 0.6 is 11.6 Å². The maximum absolute atomic E-state index is 12.7. The zero-order valence-corrected chi connectivity index (χ0v) is 16.4. The van der Waals surface area contributed by atoms with Crippen molar-refractivity contribution in [1.29, 1.82) is 0 Å². The van der Waals surface area contributed by atoms with Gasteiger partial charge >= 0.3 is 0 Å². The van der Waals surface area contributed by atoms with Crippen molar-refractivity contribution in [3.8, 4) is 0 Å². The first-order valence-electron chi connectivity index (χ1n) is 9.85. The van der Waals surface area contributed by atoms with Crippen LogP contribution in [-0.2, 0) is 16.0 Å². The lowest BCUT2D eigenvalue weighted by Gasteiger charge is -2.37. The number of nitrogens with zero attached hydrogens (tertiary/aromatic N) is 2. The zero-order chi connectivity index (χ0) is 18.5. The highest BCUT2D eigenvalue weighted by atomic mass is 35.5. The molecule has 1 aromatic carbocycles. The fourth-order valence-electron chi connectivity index (χ4n) is 4.18. The van der Waals surface area contributed by atoms with Crippen LogP contribution in [0.25, 0.3) is 0 Å². The summed E-state index contributed by atoms with van der Waals surface area (Å²) < 4.78 is 0. The molecule has 1 unspecified atom stereocenters. The number of halogens is 1. The van der Waals surface area contributed by atoms with Gasteiger partial charge < -0.3 is 9.80 Å². The minimum atomic E-state index is 0.129. The Hall–Kier alpha value is -1.55. The van der Waals surface area contributed by atoms with E-state index in [0.29, 0.717) is 43.5 Å². The lowest BCUT2D eigenvalue weighted by Crippen LogP contribution is -2.52. The molecule has 0 bridgehead atoms. The minimum absolute atomic E-state index is 0.129. The first-order chi connectivity index (χ1) is 12.5. The molecule has 0 N–H and O–H groups in total. The Balaban J connectivity index is 1.43. The Morgan fingerprint density at radius 2 is 1.62 bits per heavy atom. The Morgan fingerprint density at radius 1 is 1.04 bits per heavy atom. The van der Waals surface area contributed by atoms with Gasteiger partial charge in [0.2, 0.25) is 11.8 Å². The summed E-state index contributed by atoms with van der Waals surface area (Å²) in [6.45, 7) is 4.73. The number of hydrogen-bond donors (Lipinski definition) is 0. The topological polar surface area (TPSA) is 40.6 Å². The Kier molecular flexibility index (Phi) is 6.58. The molecule has 26 heavy (non-hydrogen) atoms. The number of piperazine rings is 1. The summed E-state index contributed by atoms with van der Waals surface area (Å²) in [5, 5.41) is 0.715. The highest BCUT2D eigenvalue weighted by molar-refractivity contribution is 6.30. The second-order valence-corrected chi connectivity index (χ2v) is 8.10. The quantitative estimate of drug-likeness (QED) is 0.784. The fraction of sp³-hybridized carbons (Fsp3) is 0.619. The van der Waals surface area contributed by atoms with Crippen molar-refractivity contribution in [2.24, 2.45) is 11.8 Å². The molecular weight excluding hydrogens is 348 g/mol. The fourth-order valence-corrected chi connectivity index (χ4v) is 4.31. The lowest BCUT2D eigenvalue weighted by atomic mass is 9.91. The summed E-state index contributed by atoms with van der Waals surface area (Å²) in [5.41, 5.74) is 1.13. The number of carbonyl (C=O) groups is 2. The molecular formula is C21H29ClN2O2. The van der Waals surface area contributed by atoms with Gasteiger partial charge in [-0.1, -0.05) is 43.5 Å². The molecule has 1 aromatic rings. The maximum atomic E-state index is 12.7. The highest BCUT2D eigenvalue weighted by Crippen LogP contribution is 2.32. The Labute approximate surface area is 161 Å². The van der Waals surface area contributed by atoms with Crippen LogP contribution in [-0.4, -0.2) is 47.8 Å². The zero-order valence-electron chi connectivity index (χ0n) is 15.6. The normalized spacial score (nSPS) is 19.6. The first-order valence-corrected chi connectivity index (χ1v) is 10.2. The van der Waals surface area contributed by atoms with Crippen molar-refractivity contribution in [3.05, 3.63) is 34.9 Å². The molecule has 1 aliphatic carbocycles. The van der Waals surface area contributed by atoms with Gasteiger partial charge in [0.25, 0.3) is 0 Å². The molecule has 142 valence electrons. The number of carbonyl (C=O) groups excluding carboxylic acids is 2. The second-order valence-electron chi connectivity index (χ2n) is 7.67. The molecule has 3 rings (SSSR count). The number of rotatable bonds is 5. The van der Waals surface area contributed by atoms with Gasteiger partial charge in [-0.3, -0.25) is 9.59 Å². The van der Waals surface area contributed by atoms with Gasteiger partial charge in [-0.2, -0.15) is 0 Å². The van der Waals surface area contributed by atoms with Crippen molar-refractivity contribution < 1.29 is 9.59 Å². The minimum Gasteiger partial charge on any atom is -0.339 e. The van der Waals surface area contributed by atoms with Crippen molar-refractivity contribution in [1.82, 2.24) is 9.80 Å². The molecule has 0 spiro atoms. The standard InChI is InChI=1S/C21H29ClN2O2/c1-16(18-4-2-3-5-18)21(26)24-14-12-23(13-15-24)20(25)11-8-17-6-9-19(22)10-7-17/h6-7,9-10,16,18H,2-5,8,11-15H2,1H3. The van der Waals surface area contributed by atoms with Gasteiger partial charge in [0, 0.05) is 43.5 Å². The smallest absolute Gasteiger partial charge is 0.225 e. The van der Waals surface area contributed by atoms with Gasteiger partial charge in [0.1, 0.15) is 0 Å². The predicted molar refractivity (Wildman–Crippen MR) is 104 cm³/mol. The summed E-state index contributed by atoms with van der Waals surface area (Å²) in [4.78, 5) is 29.0. The molecule has 1 saturated heterocycles. The molecule has 0 radical (unpaired) electrons. The van der Waals surface area contributed by atoms with Crippen LogP contribution < -0.4 is 0 Å². The molecule has 1 aliphatic heterocycles. The van der Waals surface area contributed by atoms with E-state index in [0.717, 1.165) is 12.0 Å². The molecule has 2 fully saturated rings. The van der Waals surface area contributed by atoms with Crippen molar-refractivity contribution in [3.63, 3.8) is 0 Å². The number of aryl methyl sites for hydroxylation is 1. The van der Waals surface area contributed by atoms with Gasteiger partial charge in [0.05, 0.1) is 0 Å². The maximum Gasteiger partial charge on any atom is 0.225 e. The van der Waals surface area contributed by atoms with E-state index in [1.807, 2.05) is 34.1 Å². The van der Waals surface area contributed by atoms with Crippen LogP contribution in [0.4, 0.5) is 0 Å². The Morgan fingerprint density at radius 3 is 2.23 bits per heavy atom. The first kappa shape index (κ1) is 19.2. The summed E-state index contributed by atoms with van der Waals surface area (Å²) in [6.07, 6.45) is 6.14. The van der Waals surface area contributed by atoms with E-state index in [4.69, 9.17) is 11.6 Å². The third-order valence-corrected chi connectivity index (χ3v) is 6.23. The Bertz CT molecular complexity index is 617. The van der Waals surface area contributed by atoms with E-state index in [1.165, 1.54) is 25.7 Å². The van der Waals surface area contributed by atoms with Gasteiger partial charge in [0.15, 0.2) is 0 Å². The van der Waals surface area contributed by atoms with Crippen molar-refractivity contribution in [2.45, 2.75) is 45.4 Å². The van der Waals surface area contributed by atoms with E-state index in [2.05, 4.69) is 6.92 Å². The number of amides is 2. The monoisotopic (exact) mass is 376 g/mol. The molecule has 4 nitrogen and oxygen atoms in total. The molecule has 2 amide bonds. The van der Waals surface area contributed by atoms with E-state index < -0.39 is 0 Å². The van der Waals surface area contributed by atoms with Crippen LogP contribution in [0.3, 0.4) is 0 Å². The summed E-state index contributed by atoms with van der Waals surface area (Å²) in [5.74, 6) is 1.15. The molecule has 5 heteroatoms. The average molecular weight is 377 g/mol. The van der Waals surface area contributed by atoms with Crippen LogP contribution in [0.2, 0.25) is 5.02 Å². The third kappa shape index (κ3) is 4.79.